The van der Waals surface area contributed by atoms with Gasteiger partial charge in [-0.2, -0.15) is 0 Å². The van der Waals surface area contributed by atoms with Crippen LogP contribution in [0.15, 0.2) is 24.3 Å². The molecule has 4 heteroatoms. The summed E-state index contributed by atoms with van der Waals surface area (Å²) in [4.78, 5) is 18.2. The number of amides is 1. The summed E-state index contributed by atoms with van der Waals surface area (Å²) in [5.74, 6) is 0.739. The number of aliphatic hydroxyl groups is 1. The molecule has 4 rings (SSSR count). The minimum atomic E-state index is -0.588. The Labute approximate surface area is 142 Å². The summed E-state index contributed by atoms with van der Waals surface area (Å²) in [6.45, 7) is 5.58. The normalized spacial score (nSPS) is 29.9. The lowest BCUT2D eigenvalue weighted by molar-refractivity contribution is -0.0609. The zero-order valence-corrected chi connectivity index (χ0v) is 14.5. The zero-order valence-electron chi connectivity index (χ0n) is 14.5. The standard InChI is InChI=1S/C20H26N2O2/c1-3-20(24)8-4-5-14-11-22(12-16(14)20)19(23)18-10-15-9-13(2)6-7-17(15)21-18/h6-7,9-10,14,16,21,24H,3-5,8,11-12H2,1-2H3/t14-,16+,20-/m1/s1. The lowest BCUT2D eigenvalue weighted by Crippen LogP contribution is -2.44. The number of H-pyrrole nitrogens is 1. The fraction of sp³-hybridized carbons (Fsp3) is 0.550. The van der Waals surface area contributed by atoms with Crippen molar-refractivity contribution >= 4 is 16.8 Å². The number of carbonyl (C=O) groups is 1. The molecular formula is C20H26N2O2. The van der Waals surface area contributed by atoms with Gasteiger partial charge in [0.1, 0.15) is 5.69 Å². The van der Waals surface area contributed by atoms with E-state index in [-0.39, 0.29) is 11.8 Å². The first-order valence-corrected chi connectivity index (χ1v) is 9.11. The van der Waals surface area contributed by atoms with Crippen LogP contribution in [-0.4, -0.2) is 39.6 Å². The van der Waals surface area contributed by atoms with Gasteiger partial charge in [-0.05, 0) is 50.3 Å². The molecule has 1 aromatic heterocycles. The highest BCUT2D eigenvalue weighted by Crippen LogP contribution is 2.44. The number of hydrogen-bond acceptors (Lipinski definition) is 2. The first-order valence-electron chi connectivity index (χ1n) is 9.11. The largest absolute Gasteiger partial charge is 0.390 e. The van der Waals surface area contributed by atoms with E-state index in [0.717, 1.165) is 43.1 Å². The number of carbonyl (C=O) groups excluding carboxylic acids is 1. The Balaban J connectivity index is 1.58. The number of likely N-dealkylation sites (tertiary alicyclic amines) is 1. The summed E-state index contributed by atoms with van der Waals surface area (Å²) >= 11 is 0. The monoisotopic (exact) mass is 326 g/mol. The van der Waals surface area contributed by atoms with Crippen molar-refractivity contribution in [2.75, 3.05) is 13.1 Å². The molecule has 24 heavy (non-hydrogen) atoms. The second-order valence-electron chi connectivity index (χ2n) is 7.70. The first kappa shape index (κ1) is 15.7. The number of aromatic amines is 1. The highest BCUT2D eigenvalue weighted by atomic mass is 16.3. The number of benzene rings is 1. The van der Waals surface area contributed by atoms with Crippen molar-refractivity contribution in [3.8, 4) is 0 Å². The van der Waals surface area contributed by atoms with Crippen molar-refractivity contribution in [1.82, 2.24) is 9.88 Å². The molecule has 3 atom stereocenters. The zero-order chi connectivity index (χ0) is 16.9. The van der Waals surface area contributed by atoms with Gasteiger partial charge in [0.2, 0.25) is 0 Å². The van der Waals surface area contributed by atoms with Gasteiger partial charge in [0, 0.05) is 29.9 Å². The van der Waals surface area contributed by atoms with Crippen molar-refractivity contribution < 1.29 is 9.90 Å². The Hall–Kier alpha value is -1.81. The molecule has 128 valence electrons. The summed E-state index contributed by atoms with van der Waals surface area (Å²) < 4.78 is 0. The van der Waals surface area contributed by atoms with E-state index in [1.165, 1.54) is 5.56 Å². The van der Waals surface area contributed by atoms with Crippen LogP contribution in [0.1, 0.15) is 48.7 Å². The molecule has 2 heterocycles. The first-order chi connectivity index (χ1) is 11.5. The summed E-state index contributed by atoms with van der Waals surface area (Å²) in [7, 11) is 0. The van der Waals surface area contributed by atoms with Crippen LogP contribution < -0.4 is 0 Å². The third-order valence-electron chi connectivity index (χ3n) is 6.22. The van der Waals surface area contributed by atoms with E-state index in [9.17, 15) is 9.90 Å². The summed E-state index contributed by atoms with van der Waals surface area (Å²) in [6, 6.07) is 8.14. The van der Waals surface area contributed by atoms with Crippen LogP contribution in [0.4, 0.5) is 0 Å². The molecule has 1 aromatic carbocycles. The number of rotatable bonds is 2. The number of nitrogens with zero attached hydrogens (tertiary/aromatic N) is 1. The summed E-state index contributed by atoms with van der Waals surface area (Å²) in [6.07, 6.45) is 3.85. The minimum Gasteiger partial charge on any atom is -0.390 e. The molecule has 1 aliphatic heterocycles. The molecule has 2 N–H and O–H groups in total. The van der Waals surface area contributed by atoms with Crippen LogP contribution in [0.3, 0.4) is 0 Å². The number of nitrogens with one attached hydrogen (secondary N) is 1. The third-order valence-corrected chi connectivity index (χ3v) is 6.22. The Morgan fingerprint density at radius 1 is 1.38 bits per heavy atom. The molecule has 1 amide bonds. The molecule has 2 fully saturated rings. The lowest BCUT2D eigenvalue weighted by atomic mass is 9.69. The number of fused-ring (bicyclic) bond motifs is 2. The second-order valence-corrected chi connectivity index (χ2v) is 7.70. The molecule has 0 unspecified atom stereocenters. The third kappa shape index (κ3) is 2.44. The van der Waals surface area contributed by atoms with Gasteiger partial charge in [0.25, 0.3) is 5.91 Å². The van der Waals surface area contributed by atoms with E-state index >= 15 is 0 Å². The van der Waals surface area contributed by atoms with Crippen molar-refractivity contribution in [2.24, 2.45) is 11.8 Å². The molecule has 2 aliphatic rings. The van der Waals surface area contributed by atoms with Crippen LogP contribution in [-0.2, 0) is 0 Å². The number of hydrogen-bond donors (Lipinski definition) is 2. The van der Waals surface area contributed by atoms with Gasteiger partial charge < -0.3 is 15.0 Å². The molecule has 4 nitrogen and oxygen atoms in total. The van der Waals surface area contributed by atoms with Crippen LogP contribution in [0.25, 0.3) is 10.9 Å². The molecule has 0 radical (unpaired) electrons. The Morgan fingerprint density at radius 3 is 3.00 bits per heavy atom. The van der Waals surface area contributed by atoms with E-state index in [2.05, 4.69) is 31.0 Å². The van der Waals surface area contributed by atoms with E-state index < -0.39 is 5.60 Å². The molecule has 1 saturated carbocycles. The van der Waals surface area contributed by atoms with Gasteiger partial charge in [-0.1, -0.05) is 25.0 Å². The highest BCUT2D eigenvalue weighted by Gasteiger charge is 2.48. The quantitative estimate of drug-likeness (QED) is 0.887. The molecule has 0 spiro atoms. The minimum absolute atomic E-state index is 0.0664. The summed E-state index contributed by atoms with van der Waals surface area (Å²) in [5, 5.41) is 12.0. The SMILES string of the molecule is CC[C@@]1(O)CCC[C@@H]2CN(C(=O)c3cc4cc(C)ccc4[nH]3)C[C@@H]21. The van der Waals surface area contributed by atoms with E-state index in [0.29, 0.717) is 18.2 Å². The molecular weight excluding hydrogens is 300 g/mol. The van der Waals surface area contributed by atoms with E-state index in [1.54, 1.807) is 0 Å². The number of aryl methyl sites for hydroxylation is 1. The predicted octanol–water partition coefficient (Wildman–Crippen LogP) is 3.49. The molecule has 2 aromatic rings. The van der Waals surface area contributed by atoms with Crippen molar-refractivity contribution in [3.63, 3.8) is 0 Å². The second kappa shape index (κ2) is 5.62. The fourth-order valence-electron chi connectivity index (χ4n) is 4.77. The maximum atomic E-state index is 13.0. The smallest absolute Gasteiger partial charge is 0.270 e. The highest BCUT2D eigenvalue weighted by molar-refractivity contribution is 5.98. The van der Waals surface area contributed by atoms with Crippen LogP contribution in [0, 0.1) is 18.8 Å². The maximum absolute atomic E-state index is 13.0. The van der Waals surface area contributed by atoms with Gasteiger partial charge in [-0.25, -0.2) is 0 Å². The van der Waals surface area contributed by atoms with Crippen molar-refractivity contribution in [2.45, 2.75) is 45.1 Å². The van der Waals surface area contributed by atoms with Gasteiger partial charge >= 0.3 is 0 Å². The van der Waals surface area contributed by atoms with Gasteiger partial charge in [0.15, 0.2) is 0 Å². The van der Waals surface area contributed by atoms with Gasteiger partial charge in [-0.3, -0.25) is 4.79 Å². The maximum Gasteiger partial charge on any atom is 0.270 e. The molecule has 1 saturated heterocycles. The topological polar surface area (TPSA) is 56.3 Å². The number of aromatic nitrogens is 1. The summed E-state index contributed by atoms with van der Waals surface area (Å²) in [5.41, 5.74) is 2.27. The Kier molecular flexibility index (Phi) is 3.68. The van der Waals surface area contributed by atoms with Crippen LogP contribution in [0.5, 0.6) is 0 Å². The lowest BCUT2D eigenvalue weighted by Gasteiger charge is -2.40. The van der Waals surface area contributed by atoms with E-state index in [1.807, 2.05) is 17.0 Å². The average molecular weight is 326 g/mol. The van der Waals surface area contributed by atoms with Crippen molar-refractivity contribution in [1.29, 1.82) is 0 Å². The molecule has 1 aliphatic carbocycles. The van der Waals surface area contributed by atoms with Crippen LogP contribution >= 0.6 is 0 Å². The fourth-order valence-corrected chi connectivity index (χ4v) is 4.77. The average Bonchev–Trinajstić information content (AvgIpc) is 3.18. The Bertz CT molecular complexity index is 781. The van der Waals surface area contributed by atoms with Gasteiger partial charge in [0.05, 0.1) is 5.60 Å². The van der Waals surface area contributed by atoms with Crippen molar-refractivity contribution in [3.05, 3.63) is 35.5 Å². The molecule has 0 bridgehead atoms. The Morgan fingerprint density at radius 2 is 2.21 bits per heavy atom. The predicted molar refractivity (Wildman–Crippen MR) is 95.0 cm³/mol. The van der Waals surface area contributed by atoms with E-state index in [4.69, 9.17) is 0 Å². The van der Waals surface area contributed by atoms with Crippen LogP contribution in [0.2, 0.25) is 0 Å². The van der Waals surface area contributed by atoms with Gasteiger partial charge in [-0.15, -0.1) is 0 Å².